The van der Waals surface area contributed by atoms with Crippen molar-refractivity contribution in [2.75, 3.05) is 24.9 Å². The Kier molecular flexibility index (Phi) is 6.99. The number of carbonyl (C=O) groups excluding carboxylic acids is 1. The van der Waals surface area contributed by atoms with Gasteiger partial charge >= 0.3 is 0 Å². The van der Waals surface area contributed by atoms with Gasteiger partial charge in [-0.2, -0.15) is 10.1 Å². The van der Waals surface area contributed by atoms with Crippen molar-refractivity contribution in [3.8, 4) is 17.2 Å². The first-order valence-corrected chi connectivity index (χ1v) is 12.2. The summed E-state index contributed by atoms with van der Waals surface area (Å²) in [4.78, 5) is 17.9. The van der Waals surface area contributed by atoms with Crippen LogP contribution in [0, 0.1) is 6.92 Å². The number of carbonyl (C=O) groups is 1. The van der Waals surface area contributed by atoms with E-state index in [1.54, 1.807) is 43.2 Å². The van der Waals surface area contributed by atoms with Crippen LogP contribution < -0.4 is 24.8 Å². The molecule has 9 nitrogen and oxygen atoms in total. The second kappa shape index (κ2) is 10.7. The zero-order valence-electron chi connectivity index (χ0n) is 21.7. The maximum absolute atomic E-state index is 13.6. The van der Waals surface area contributed by atoms with Gasteiger partial charge in [0, 0.05) is 11.4 Å². The van der Waals surface area contributed by atoms with Crippen molar-refractivity contribution in [2.24, 2.45) is 0 Å². The van der Waals surface area contributed by atoms with Crippen molar-refractivity contribution in [2.45, 2.75) is 26.5 Å². The summed E-state index contributed by atoms with van der Waals surface area (Å²) in [5.74, 6) is 2.16. The van der Waals surface area contributed by atoms with E-state index in [1.165, 1.54) is 11.9 Å². The average molecular weight is 512 g/mol. The summed E-state index contributed by atoms with van der Waals surface area (Å²) in [6.07, 6.45) is 1.46. The molecule has 38 heavy (non-hydrogen) atoms. The van der Waals surface area contributed by atoms with Gasteiger partial charge in [-0.1, -0.05) is 35.9 Å². The normalized spacial score (nSPS) is 14.4. The molecule has 0 spiro atoms. The largest absolute Gasteiger partial charge is 0.497 e. The molecular weight excluding hydrogens is 482 g/mol. The van der Waals surface area contributed by atoms with E-state index in [0.717, 1.165) is 11.1 Å². The van der Waals surface area contributed by atoms with Crippen LogP contribution in [0.4, 0.5) is 11.6 Å². The molecule has 0 bridgehead atoms. The number of hydrogen-bond acceptors (Lipinski definition) is 7. The van der Waals surface area contributed by atoms with Gasteiger partial charge in [-0.3, -0.25) is 4.79 Å². The number of nitrogens with zero attached hydrogens (tertiary/aromatic N) is 3. The van der Waals surface area contributed by atoms with E-state index in [0.29, 0.717) is 46.8 Å². The van der Waals surface area contributed by atoms with Gasteiger partial charge in [-0.15, -0.1) is 0 Å². The minimum atomic E-state index is -0.535. The predicted molar refractivity (Wildman–Crippen MR) is 145 cm³/mol. The highest BCUT2D eigenvalue weighted by atomic mass is 16.5. The molecule has 2 N–H and O–H groups in total. The van der Waals surface area contributed by atoms with Gasteiger partial charge in [0.1, 0.15) is 24.7 Å². The lowest BCUT2D eigenvalue weighted by molar-refractivity contribution is -0.113. The number of fused-ring (bicyclic) bond motifs is 1. The molecule has 5 rings (SSSR count). The van der Waals surface area contributed by atoms with Crippen molar-refractivity contribution in [1.29, 1.82) is 0 Å². The Hall–Kier alpha value is -4.79. The van der Waals surface area contributed by atoms with E-state index in [9.17, 15) is 4.79 Å². The Morgan fingerprint density at radius 3 is 2.45 bits per heavy atom. The number of anilines is 2. The monoisotopic (exact) mass is 511 g/mol. The van der Waals surface area contributed by atoms with Crippen molar-refractivity contribution in [1.82, 2.24) is 14.8 Å². The smallest absolute Gasteiger partial charge is 0.255 e. The first-order valence-electron chi connectivity index (χ1n) is 12.2. The van der Waals surface area contributed by atoms with Gasteiger partial charge < -0.3 is 24.8 Å². The van der Waals surface area contributed by atoms with Crippen LogP contribution in [0.15, 0.2) is 84.3 Å². The second-order valence-electron chi connectivity index (χ2n) is 8.96. The minimum Gasteiger partial charge on any atom is -0.497 e. The Morgan fingerprint density at radius 1 is 0.974 bits per heavy atom. The van der Waals surface area contributed by atoms with Crippen LogP contribution in [-0.2, 0) is 11.4 Å². The number of rotatable bonds is 8. The summed E-state index contributed by atoms with van der Waals surface area (Å²) in [6, 6.07) is 20.5. The molecule has 1 amide bonds. The highest BCUT2D eigenvalue weighted by Gasteiger charge is 2.34. The zero-order valence-corrected chi connectivity index (χ0v) is 21.7. The van der Waals surface area contributed by atoms with Gasteiger partial charge in [0.25, 0.3) is 5.91 Å². The number of nitrogens with one attached hydrogen (secondary N) is 2. The summed E-state index contributed by atoms with van der Waals surface area (Å²) >= 11 is 0. The lowest BCUT2D eigenvalue weighted by Gasteiger charge is -2.29. The molecule has 1 atom stereocenters. The Bertz CT molecular complexity index is 1480. The number of methoxy groups -OCH3 is 2. The molecule has 0 radical (unpaired) electrons. The van der Waals surface area contributed by atoms with Crippen LogP contribution in [0.3, 0.4) is 0 Å². The number of ether oxygens (including phenoxy) is 3. The Balaban J connectivity index is 1.45. The molecule has 1 aliphatic rings. The lowest BCUT2D eigenvalue weighted by atomic mass is 9.94. The summed E-state index contributed by atoms with van der Waals surface area (Å²) in [5, 5.41) is 10.6. The van der Waals surface area contributed by atoms with Crippen molar-refractivity contribution < 1.29 is 19.0 Å². The maximum Gasteiger partial charge on any atom is 0.255 e. The fourth-order valence-corrected chi connectivity index (χ4v) is 4.38. The van der Waals surface area contributed by atoms with E-state index in [1.807, 2.05) is 37.3 Å². The Labute approximate surface area is 221 Å². The van der Waals surface area contributed by atoms with E-state index >= 15 is 0 Å². The van der Waals surface area contributed by atoms with Crippen LogP contribution >= 0.6 is 0 Å². The highest BCUT2D eigenvalue weighted by Crippen LogP contribution is 2.39. The molecule has 2 heterocycles. The highest BCUT2D eigenvalue weighted by molar-refractivity contribution is 6.06. The summed E-state index contributed by atoms with van der Waals surface area (Å²) in [6.45, 7) is 4.31. The van der Waals surface area contributed by atoms with Crippen molar-refractivity contribution in [3.63, 3.8) is 0 Å². The quantitative estimate of drug-likeness (QED) is 0.339. The standard InChI is InChI=1S/C29H29N5O4/c1-18-5-7-20(8-6-18)16-38-24-14-9-21(15-25(24)37-4)27-26(19(2)32-29-30-17-31-34(27)29)28(35)33-22-10-12-23(36-3)13-11-22/h5-15,17,27H,16H2,1-4H3,(H,33,35)(H,30,31,32)/t27-/m1/s1. The van der Waals surface area contributed by atoms with E-state index in [2.05, 4.69) is 39.8 Å². The van der Waals surface area contributed by atoms with Crippen molar-refractivity contribution >= 4 is 17.5 Å². The maximum atomic E-state index is 13.6. The minimum absolute atomic E-state index is 0.259. The number of allylic oxidation sites excluding steroid dienone is 1. The number of aromatic nitrogens is 3. The third kappa shape index (κ3) is 5.04. The van der Waals surface area contributed by atoms with Crippen molar-refractivity contribution in [3.05, 3.63) is 101 Å². The van der Waals surface area contributed by atoms with E-state index < -0.39 is 6.04 Å². The van der Waals surface area contributed by atoms with Crippen LogP contribution in [0.2, 0.25) is 0 Å². The average Bonchev–Trinajstić information content (AvgIpc) is 3.40. The van der Waals surface area contributed by atoms with Crippen LogP contribution in [0.25, 0.3) is 0 Å². The first-order chi connectivity index (χ1) is 18.5. The van der Waals surface area contributed by atoms with Crippen LogP contribution in [-0.4, -0.2) is 34.9 Å². The molecule has 9 heteroatoms. The van der Waals surface area contributed by atoms with Gasteiger partial charge in [0.15, 0.2) is 11.5 Å². The molecule has 1 aliphatic heterocycles. The van der Waals surface area contributed by atoms with Gasteiger partial charge in [0.05, 0.1) is 19.8 Å². The van der Waals surface area contributed by atoms with E-state index in [4.69, 9.17) is 14.2 Å². The first kappa shape index (κ1) is 24.9. The number of aryl methyl sites for hydroxylation is 1. The Morgan fingerprint density at radius 2 is 1.74 bits per heavy atom. The fraction of sp³-hybridized carbons (Fsp3) is 0.207. The van der Waals surface area contributed by atoms with E-state index in [-0.39, 0.29) is 5.91 Å². The van der Waals surface area contributed by atoms with Crippen LogP contribution in [0.5, 0.6) is 17.2 Å². The fourth-order valence-electron chi connectivity index (χ4n) is 4.38. The summed E-state index contributed by atoms with van der Waals surface area (Å²) in [7, 11) is 3.20. The van der Waals surface area contributed by atoms with Gasteiger partial charge in [0.2, 0.25) is 5.95 Å². The molecule has 0 saturated carbocycles. The number of hydrogen-bond donors (Lipinski definition) is 2. The molecule has 0 unspecified atom stereocenters. The molecular formula is C29H29N5O4. The molecule has 0 fully saturated rings. The summed E-state index contributed by atoms with van der Waals surface area (Å²) < 4.78 is 18.7. The SMILES string of the molecule is COc1ccc(NC(=O)C2=C(C)Nc3ncnn3[C@@H]2c2ccc(OCc3ccc(C)cc3)c(OC)c2)cc1. The number of amides is 1. The third-order valence-electron chi connectivity index (χ3n) is 6.41. The molecule has 4 aromatic rings. The lowest BCUT2D eigenvalue weighted by Crippen LogP contribution is -2.31. The molecule has 0 saturated heterocycles. The second-order valence-corrected chi connectivity index (χ2v) is 8.96. The van der Waals surface area contributed by atoms with Crippen LogP contribution in [0.1, 0.15) is 29.7 Å². The summed E-state index contributed by atoms with van der Waals surface area (Å²) in [5.41, 5.74) is 4.90. The molecule has 3 aromatic carbocycles. The third-order valence-corrected chi connectivity index (χ3v) is 6.41. The number of benzene rings is 3. The molecule has 194 valence electrons. The molecule has 0 aliphatic carbocycles. The van der Waals surface area contributed by atoms with Gasteiger partial charge in [-0.25, -0.2) is 4.68 Å². The topological polar surface area (TPSA) is 99.5 Å². The predicted octanol–water partition coefficient (Wildman–Crippen LogP) is 5.11. The zero-order chi connectivity index (χ0) is 26.6. The van der Waals surface area contributed by atoms with Gasteiger partial charge in [-0.05, 0) is 61.4 Å². The molecule has 1 aromatic heterocycles.